The van der Waals surface area contributed by atoms with Gasteiger partial charge in [-0.2, -0.15) is 0 Å². The molecule has 7 heteroatoms. The minimum absolute atomic E-state index is 0.122. The molecule has 0 bridgehead atoms. The first-order valence-corrected chi connectivity index (χ1v) is 9.58. The highest BCUT2D eigenvalue weighted by molar-refractivity contribution is 7.29. The quantitative estimate of drug-likeness (QED) is 0.752. The molecule has 1 amide bonds. The monoisotopic (exact) mass is 358 g/mol. The fraction of sp³-hybridized carbons (Fsp3) is 0.294. The van der Waals surface area contributed by atoms with Gasteiger partial charge in [-0.15, -0.1) is 11.3 Å². The Balaban J connectivity index is 1.54. The summed E-state index contributed by atoms with van der Waals surface area (Å²) < 4.78 is 1.06. The first-order valence-electron chi connectivity index (χ1n) is 7.95. The van der Waals surface area contributed by atoms with Crippen LogP contribution in [0.2, 0.25) is 0 Å². The summed E-state index contributed by atoms with van der Waals surface area (Å²) in [6.45, 7) is 4.56. The van der Waals surface area contributed by atoms with Crippen molar-refractivity contribution in [3.8, 4) is 0 Å². The number of carbonyl (C=O) groups excluding carboxylic acids is 1. The zero-order valence-electron chi connectivity index (χ0n) is 13.3. The van der Waals surface area contributed by atoms with Crippen molar-refractivity contribution in [2.45, 2.75) is 13.0 Å². The molecule has 1 saturated heterocycles. The highest BCUT2D eigenvalue weighted by Gasteiger charge is 2.26. The molecule has 124 valence electrons. The molecule has 3 heterocycles. The molecule has 4 rings (SSSR count). The number of para-hydroxylation sites is 1. The standard InChI is InChI=1S/C17H18N4OS2/c1-11-10-18-7-8-21(11)16(22)14-9-13-15(23-14)20-17(24-13)19-12-5-3-2-4-6-12/h2-6,9,11,18H,7-8,10H2,1H3,(H,19,20). The Morgan fingerprint density at radius 2 is 2.17 bits per heavy atom. The van der Waals surface area contributed by atoms with Gasteiger partial charge in [0.2, 0.25) is 0 Å². The Kier molecular flexibility index (Phi) is 4.22. The van der Waals surface area contributed by atoms with Crippen molar-refractivity contribution in [1.29, 1.82) is 0 Å². The molecule has 1 aliphatic rings. The van der Waals surface area contributed by atoms with Gasteiger partial charge in [-0.25, -0.2) is 4.98 Å². The van der Waals surface area contributed by atoms with Crippen LogP contribution in [0.1, 0.15) is 16.6 Å². The molecule has 2 N–H and O–H groups in total. The van der Waals surface area contributed by atoms with Crippen LogP contribution in [0, 0.1) is 0 Å². The number of nitrogens with one attached hydrogen (secondary N) is 2. The van der Waals surface area contributed by atoms with E-state index >= 15 is 0 Å². The van der Waals surface area contributed by atoms with Crippen LogP contribution in [-0.4, -0.2) is 41.5 Å². The van der Waals surface area contributed by atoms with Crippen molar-refractivity contribution in [3.05, 3.63) is 41.3 Å². The lowest BCUT2D eigenvalue weighted by molar-refractivity contribution is 0.0661. The average molecular weight is 358 g/mol. The van der Waals surface area contributed by atoms with Gasteiger partial charge in [0, 0.05) is 31.4 Å². The number of hydrogen-bond donors (Lipinski definition) is 2. The molecule has 3 aromatic rings. The molecule has 2 aromatic heterocycles. The van der Waals surface area contributed by atoms with Crippen LogP contribution in [0.4, 0.5) is 10.8 Å². The number of fused-ring (bicyclic) bond motifs is 1. The number of thiophene rings is 1. The third-order valence-electron chi connectivity index (χ3n) is 4.09. The number of hydrogen-bond acceptors (Lipinski definition) is 6. The Hall–Kier alpha value is -1.96. The van der Waals surface area contributed by atoms with Crippen LogP contribution >= 0.6 is 22.7 Å². The van der Waals surface area contributed by atoms with Crippen LogP contribution in [-0.2, 0) is 0 Å². The number of nitrogens with zero attached hydrogens (tertiary/aromatic N) is 2. The van der Waals surface area contributed by atoms with Crippen molar-refractivity contribution in [2.24, 2.45) is 0 Å². The van der Waals surface area contributed by atoms with E-state index in [0.29, 0.717) is 0 Å². The third-order valence-corrected chi connectivity index (χ3v) is 6.15. The van der Waals surface area contributed by atoms with E-state index in [0.717, 1.165) is 44.9 Å². The van der Waals surface area contributed by atoms with Crippen molar-refractivity contribution < 1.29 is 4.79 Å². The van der Waals surface area contributed by atoms with E-state index in [9.17, 15) is 4.79 Å². The number of aromatic nitrogens is 1. The predicted molar refractivity (Wildman–Crippen MR) is 101 cm³/mol. The van der Waals surface area contributed by atoms with Gasteiger partial charge in [0.05, 0.1) is 9.58 Å². The lowest BCUT2D eigenvalue weighted by Gasteiger charge is -2.33. The molecule has 0 aliphatic carbocycles. The molecule has 0 spiro atoms. The van der Waals surface area contributed by atoms with Crippen LogP contribution in [0.15, 0.2) is 36.4 Å². The van der Waals surface area contributed by atoms with Gasteiger partial charge in [0.25, 0.3) is 5.91 Å². The average Bonchev–Trinajstić information content (AvgIpc) is 3.14. The third kappa shape index (κ3) is 3.02. The van der Waals surface area contributed by atoms with Crippen molar-refractivity contribution in [2.75, 3.05) is 25.0 Å². The fourth-order valence-electron chi connectivity index (χ4n) is 2.82. The first-order chi connectivity index (χ1) is 11.7. The summed E-state index contributed by atoms with van der Waals surface area (Å²) in [6, 6.07) is 12.2. The Morgan fingerprint density at radius 1 is 1.33 bits per heavy atom. The summed E-state index contributed by atoms with van der Waals surface area (Å²) in [6.07, 6.45) is 0. The number of amides is 1. The van der Waals surface area contributed by atoms with Crippen molar-refractivity contribution in [3.63, 3.8) is 0 Å². The van der Waals surface area contributed by atoms with E-state index in [-0.39, 0.29) is 11.9 Å². The minimum atomic E-state index is 0.122. The van der Waals surface area contributed by atoms with Gasteiger partial charge in [0.15, 0.2) is 5.13 Å². The number of carbonyl (C=O) groups is 1. The second-order valence-corrected chi connectivity index (χ2v) is 7.90. The minimum Gasteiger partial charge on any atom is -0.333 e. The number of anilines is 2. The highest BCUT2D eigenvalue weighted by Crippen LogP contribution is 2.34. The normalized spacial score (nSPS) is 18.0. The summed E-state index contributed by atoms with van der Waals surface area (Å²) >= 11 is 3.06. The molecule has 1 atom stereocenters. The van der Waals surface area contributed by atoms with Crippen LogP contribution < -0.4 is 10.6 Å². The Morgan fingerprint density at radius 3 is 2.92 bits per heavy atom. The van der Waals surface area contributed by atoms with Gasteiger partial charge < -0.3 is 15.5 Å². The predicted octanol–water partition coefficient (Wildman–Crippen LogP) is 3.54. The molecular formula is C17H18N4OS2. The van der Waals surface area contributed by atoms with E-state index in [2.05, 4.69) is 22.5 Å². The molecular weight excluding hydrogens is 340 g/mol. The molecule has 24 heavy (non-hydrogen) atoms. The van der Waals surface area contributed by atoms with Crippen LogP contribution in [0.25, 0.3) is 9.53 Å². The zero-order chi connectivity index (χ0) is 16.5. The zero-order valence-corrected chi connectivity index (χ0v) is 14.9. The van der Waals surface area contributed by atoms with Crippen molar-refractivity contribution in [1.82, 2.24) is 15.2 Å². The van der Waals surface area contributed by atoms with Crippen molar-refractivity contribution >= 4 is 48.9 Å². The number of piperazine rings is 1. The lowest BCUT2D eigenvalue weighted by atomic mass is 10.2. The number of rotatable bonds is 3. The largest absolute Gasteiger partial charge is 0.333 e. The topological polar surface area (TPSA) is 57.3 Å². The van der Waals surface area contributed by atoms with Gasteiger partial charge in [-0.3, -0.25) is 4.79 Å². The summed E-state index contributed by atoms with van der Waals surface area (Å²) in [7, 11) is 0. The molecule has 1 aliphatic heterocycles. The van der Waals surface area contributed by atoms with E-state index in [1.165, 1.54) is 11.3 Å². The molecule has 0 radical (unpaired) electrons. The SMILES string of the molecule is CC1CNCCN1C(=O)c1cc2sc(Nc3ccccc3)nc2s1. The second kappa shape index (κ2) is 6.51. The second-order valence-electron chi connectivity index (χ2n) is 5.84. The summed E-state index contributed by atoms with van der Waals surface area (Å²) in [5.74, 6) is 0.122. The summed E-state index contributed by atoms with van der Waals surface area (Å²) in [5, 5.41) is 7.48. The molecule has 1 aromatic carbocycles. The lowest BCUT2D eigenvalue weighted by Crippen LogP contribution is -2.52. The van der Waals surface area contributed by atoms with Crippen LogP contribution in [0.5, 0.6) is 0 Å². The van der Waals surface area contributed by atoms with Gasteiger partial charge in [0.1, 0.15) is 4.83 Å². The fourth-order valence-corrected chi connectivity index (χ4v) is 4.92. The Labute approximate surface area is 148 Å². The van der Waals surface area contributed by atoms with E-state index in [1.807, 2.05) is 41.3 Å². The first kappa shape index (κ1) is 15.6. The van der Waals surface area contributed by atoms with E-state index in [1.54, 1.807) is 11.3 Å². The molecule has 1 unspecified atom stereocenters. The number of benzene rings is 1. The number of thiazole rings is 1. The summed E-state index contributed by atoms with van der Waals surface area (Å²) in [5.41, 5.74) is 1.02. The Bertz CT molecular complexity index is 826. The maximum absolute atomic E-state index is 12.7. The van der Waals surface area contributed by atoms with E-state index in [4.69, 9.17) is 0 Å². The molecule has 5 nitrogen and oxygen atoms in total. The maximum Gasteiger partial charge on any atom is 0.264 e. The van der Waals surface area contributed by atoms with Gasteiger partial charge >= 0.3 is 0 Å². The summed E-state index contributed by atoms with van der Waals surface area (Å²) in [4.78, 5) is 21.0. The van der Waals surface area contributed by atoms with Crippen LogP contribution in [0.3, 0.4) is 0 Å². The molecule has 0 saturated carbocycles. The van der Waals surface area contributed by atoms with Gasteiger partial charge in [-0.05, 0) is 25.1 Å². The maximum atomic E-state index is 12.7. The molecule has 1 fully saturated rings. The van der Waals surface area contributed by atoms with Gasteiger partial charge in [-0.1, -0.05) is 29.5 Å². The smallest absolute Gasteiger partial charge is 0.264 e. The highest BCUT2D eigenvalue weighted by atomic mass is 32.1. The van der Waals surface area contributed by atoms with E-state index < -0.39 is 0 Å².